The lowest BCUT2D eigenvalue weighted by Gasteiger charge is -2.10. The van der Waals surface area contributed by atoms with E-state index in [0.29, 0.717) is 12.2 Å². The van der Waals surface area contributed by atoms with Crippen molar-refractivity contribution in [1.29, 1.82) is 0 Å². The van der Waals surface area contributed by atoms with Crippen LogP contribution in [0.1, 0.15) is 5.56 Å². The largest absolute Gasteiger partial charge is 0.497 e. The van der Waals surface area contributed by atoms with E-state index >= 15 is 0 Å². The Morgan fingerprint density at radius 2 is 2.00 bits per heavy atom. The maximum absolute atomic E-state index is 6.09. The molecule has 3 nitrogen and oxygen atoms in total. The number of anilines is 2. The Bertz CT molecular complexity index is 543. The van der Waals surface area contributed by atoms with Crippen LogP contribution in [0, 0.1) is 0 Å². The Labute approximate surface area is 112 Å². The molecule has 2 aromatic rings. The van der Waals surface area contributed by atoms with E-state index in [4.69, 9.17) is 22.1 Å². The number of benzene rings is 2. The van der Waals surface area contributed by atoms with Gasteiger partial charge in [-0.15, -0.1) is 0 Å². The summed E-state index contributed by atoms with van der Waals surface area (Å²) in [5.41, 5.74) is 8.40. The molecule has 0 aliphatic rings. The van der Waals surface area contributed by atoms with Crippen LogP contribution in [0.15, 0.2) is 42.5 Å². The normalized spacial score (nSPS) is 10.1. The molecule has 94 valence electrons. The second-order valence-electron chi connectivity index (χ2n) is 3.94. The Morgan fingerprint density at radius 1 is 1.22 bits per heavy atom. The van der Waals surface area contributed by atoms with Gasteiger partial charge in [0.1, 0.15) is 5.75 Å². The molecular formula is C14H15ClN2O. The number of halogens is 1. The highest BCUT2D eigenvalue weighted by molar-refractivity contribution is 6.31. The minimum absolute atomic E-state index is 0.645. The fourth-order valence-electron chi connectivity index (χ4n) is 1.68. The van der Waals surface area contributed by atoms with Crippen molar-refractivity contribution in [3.05, 3.63) is 53.1 Å². The number of hydrogen-bond acceptors (Lipinski definition) is 3. The van der Waals surface area contributed by atoms with Gasteiger partial charge in [-0.05, 0) is 17.7 Å². The lowest BCUT2D eigenvalue weighted by molar-refractivity contribution is 0.415. The van der Waals surface area contributed by atoms with E-state index in [1.165, 1.54) is 0 Å². The highest BCUT2D eigenvalue weighted by Gasteiger charge is 2.01. The monoisotopic (exact) mass is 262 g/mol. The molecule has 18 heavy (non-hydrogen) atoms. The molecule has 0 aromatic heterocycles. The maximum atomic E-state index is 6.09. The molecular weight excluding hydrogens is 248 g/mol. The zero-order chi connectivity index (χ0) is 13.0. The van der Waals surface area contributed by atoms with Gasteiger partial charge in [-0.2, -0.15) is 0 Å². The van der Waals surface area contributed by atoms with E-state index in [9.17, 15) is 0 Å². The average Bonchev–Trinajstić information content (AvgIpc) is 2.37. The number of nitrogens with two attached hydrogens (primary N) is 1. The molecule has 0 radical (unpaired) electrons. The molecule has 2 aromatic carbocycles. The molecule has 0 unspecified atom stereocenters. The summed E-state index contributed by atoms with van der Waals surface area (Å²) >= 11 is 6.09. The summed E-state index contributed by atoms with van der Waals surface area (Å²) in [5, 5.41) is 4.02. The third-order valence-electron chi connectivity index (χ3n) is 2.61. The van der Waals surface area contributed by atoms with Crippen LogP contribution in [0.2, 0.25) is 5.02 Å². The molecule has 0 aliphatic heterocycles. The molecule has 0 amide bonds. The number of nitrogen functional groups attached to an aromatic ring is 1. The van der Waals surface area contributed by atoms with Crippen LogP contribution in [0.25, 0.3) is 0 Å². The fraction of sp³-hybridized carbons (Fsp3) is 0.143. The van der Waals surface area contributed by atoms with Crippen molar-refractivity contribution < 1.29 is 4.74 Å². The smallest absolute Gasteiger partial charge is 0.122 e. The van der Waals surface area contributed by atoms with Gasteiger partial charge < -0.3 is 15.8 Å². The number of methoxy groups -OCH3 is 1. The van der Waals surface area contributed by atoms with Gasteiger partial charge in [-0.25, -0.2) is 0 Å². The summed E-state index contributed by atoms with van der Waals surface area (Å²) in [6, 6.07) is 13.3. The van der Waals surface area contributed by atoms with Crippen LogP contribution in [0.4, 0.5) is 11.4 Å². The molecule has 0 saturated heterocycles. The Balaban J connectivity index is 2.11. The van der Waals surface area contributed by atoms with E-state index in [1.54, 1.807) is 13.2 Å². The molecule has 0 fully saturated rings. The molecule has 2 rings (SSSR count). The minimum Gasteiger partial charge on any atom is -0.497 e. The van der Waals surface area contributed by atoms with E-state index in [1.807, 2.05) is 36.4 Å². The van der Waals surface area contributed by atoms with E-state index in [0.717, 1.165) is 22.0 Å². The molecule has 0 atom stereocenters. The second kappa shape index (κ2) is 5.65. The van der Waals surface area contributed by atoms with Gasteiger partial charge in [0.25, 0.3) is 0 Å². The van der Waals surface area contributed by atoms with Crippen LogP contribution in [0.5, 0.6) is 5.75 Å². The SMILES string of the molecule is COc1cc(N)cc(NCc2ccccc2Cl)c1. The second-order valence-corrected chi connectivity index (χ2v) is 4.35. The van der Waals surface area contributed by atoms with Crippen LogP contribution >= 0.6 is 11.6 Å². The molecule has 0 spiro atoms. The van der Waals surface area contributed by atoms with Crippen LogP contribution in [-0.2, 0) is 6.54 Å². The van der Waals surface area contributed by atoms with E-state index < -0.39 is 0 Å². The topological polar surface area (TPSA) is 47.3 Å². The van der Waals surface area contributed by atoms with Gasteiger partial charge >= 0.3 is 0 Å². The van der Waals surface area contributed by atoms with Crippen LogP contribution < -0.4 is 15.8 Å². The predicted molar refractivity (Wildman–Crippen MR) is 76.2 cm³/mol. The Hall–Kier alpha value is -1.87. The molecule has 0 aliphatic carbocycles. The van der Waals surface area contributed by atoms with Gasteiger partial charge in [-0.3, -0.25) is 0 Å². The number of ether oxygens (including phenoxy) is 1. The molecule has 0 bridgehead atoms. The average molecular weight is 263 g/mol. The van der Waals surface area contributed by atoms with Crippen molar-refractivity contribution >= 4 is 23.0 Å². The lowest BCUT2D eigenvalue weighted by atomic mass is 10.2. The van der Waals surface area contributed by atoms with Crippen molar-refractivity contribution in [3.63, 3.8) is 0 Å². The lowest BCUT2D eigenvalue weighted by Crippen LogP contribution is -2.01. The maximum Gasteiger partial charge on any atom is 0.122 e. The summed E-state index contributed by atoms with van der Waals surface area (Å²) in [5.74, 6) is 0.733. The van der Waals surface area contributed by atoms with Gasteiger partial charge in [0.15, 0.2) is 0 Å². The number of hydrogen-bond donors (Lipinski definition) is 2. The third kappa shape index (κ3) is 3.08. The van der Waals surface area contributed by atoms with Crippen molar-refractivity contribution in [2.75, 3.05) is 18.2 Å². The van der Waals surface area contributed by atoms with Crippen molar-refractivity contribution in [2.24, 2.45) is 0 Å². The third-order valence-corrected chi connectivity index (χ3v) is 2.97. The summed E-state index contributed by atoms with van der Waals surface area (Å²) in [6.07, 6.45) is 0. The highest BCUT2D eigenvalue weighted by Crippen LogP contribution is 2.23. The first-order chi connectivity index (χ1) is 8.69. The van der Waals surface area contributed by atoms with Crippen molar-refractivity contribution in [3.8, 4) is 5.75 Å². The van der Waals surface area contributed by atoms with Gasteiger partial charge in [0, 0.05) is 35.1 Å². The van der Waals surface area contributed by atoms with Crippen LogP contribution in [0.3, 0.4) is 0 Å². The van der Waals surface area contributed by atoms with Gasteiger partial charge in [-0.1, -0.05) is 29.8 Å². The number of rotatable bonds is 4. The van der Waals surface area contributed by atoms with E-state index in [2.05, 4.69) is 5.32 Å². The Morgan fingerprint density at radius 3 is 2.72 bits per heavy atom. The molecule has 4 heteroatoms. The molecule has 3 N–H and O–H groups in total. The first-order valence-corrected chi connectivity index (χ1v) is 5.98. The summed E-state index contributed by atoms with van der Waals surface area (Å²) < 4.78 is 5.17. The zero-order valence-corrected chi connectivity index (χ0v) is 10.9. The Kier molecular flexibility index (Phi) is 3.95. The van der Waals surface area contributed by atoms with Crippen molar-refractivity contribution in [1.82, 2.24) is 0 Å². The predicted octanol–water partition coefficient (Wildman–Crippen LogP) is 3.54. The standard InChI is InChI=1S/C14H15ClN2O/c1-18-13-7-11(16)6-12(8-13)17-9-10-4-2-3-5-14(10)15/h2-8,17H,9,16H2,1H3. The van der Waals surface area contributed by atoms with Gasteiger partial charge in [0.2, 0.25) is 0 Å². The quantitative estimate of drug-likeness (QED) is 0.829. The van der Waals surface area contributed by atoms with Crippen LogP contribution in [-0.4, -0.2) is 7.11 Å². The molecule has 0 saturated carbocycles. The number of nitrogens with one attached hydrogen (secondary N) is 1. The highest BCUT2D eigenvalue weighted by atomic mass is 35.5. The van der Waals surface area contributed by atoms with Crippen molar-refractivity contribution in [2.45, 2.75) is 6.54 Å². The summed E-state index contributed by atoms with van der Waals surface area (Å²) in [6.45, 7) is 0.645. The summed E-state index contributed by atoms with van der Waals surface area (Å²) in [7, 11) is 1.62. The van der Waals surface area contributed by atoms with Gasteiger partial charge in [0.05, 0.1) is 7.11 Å². The first-order valence-electron chi connectivity index (χ1n) is 5.61. The first kappa shape index (κ1) is 12.6. The molecule has 0 heterocycles. The van der Waals surface area contributed by atoms with E-state index in [-0.39, 0.29) is 0 Å². The summed E-state index contributed by atoms with van der Waals surface area (Å²) in [4.78, 5) is 0. The zero-order valence-electron chi connectivity index (χ0n) is 10.1. The fourth-order valence-corrected chi connectivity index (χ4v) is 1.88. The minimum atomic E-state index is 0.645.